The smallest absolute Gasteiger partial charge is 0.322 e. The van der Waals surface area contributed by atoms with E-state index in [-0.39, 0.29) is 18.1 Å². The minimum atomic E-state index is -0.293. The molecule has 31 heavy (non-hydrogen) atoms. The van der Waals surface area contributed by atoms with Gasteiger partial charge in [0.15, 0.2) is 16.6 Å². The van der Waals surface area contributed by atoms with Gasteiger partial charge in [0.2, 0.25) is 5.75 Å². The second-order valence-electron chi connectivity index (χ2n) is 7.16. The lowest BCUT2D eigenvalue weighted by Gasteiger charge is -2.26. The predicted octanol–water partition coefficient (Wildman–Crippen LogP) is 3.29. The van der Waals surface area contributed by atoms with E-state index in [2.05, 4.69) is 20.9 Å². The number of amides is 4. The maximum atomic E-state index is 12.8. The number of hydrogen-bond acceptors (Lipinski definition) is 7. The number of urea groups is 2. The molecule has 1 aliphatic rings. The van der Waals surface area contributed by atoms with Crippen molar-refractivity contribution in [2.75, 3.05) is 38.5 Å². The largest absolute Gasteiger partial charge is 0.493 e. The van der Waals surface area contributed by atoms with Crippen LogP contribution in [0.3, 0.4) is 0 Å². The zero-order valence-corrected chi connectivity index (χ0v) is 19.0. The molecule has 1 aromatic carbocycles. The van der Waals surface area contributed by atoms with Gasteiger partial charge in [-0.25, -0.2) is 14.6 Å². The normalized spacial score (nSPS) is 12.8. The number of nitrogens with one attached hydrogen (secondary N) is 3. The first kappa shape index (κ1) is 22.5. The summed E-state index contributed by atoms with van der Waals surface area (Å²) < 4.78 is 16.0. The number of hydrogen-bond donors (Lipinski definition) is 3. The average molecular weight is 450 g/mol. The van der Waals surface area contributed by atoms with Crippen LogP contribution in [0.5, 0.6) is 17.2 Å². The van der Waals surface area contributed by atoms with Gasteiger partial charge in [-0.2, -0.15) is 0 Å². The van der Waals surface area contributed by atoms with E-state index in [0.29, 0.717) is 47.6 Å². The molecule has 0 atom stereocenters. The molecule has 10 nitrogen and oxygen atoms in total. The quantitative estimate of drug-likeness (QED) is 0.624. The Morgan fingerprint density at radius 2 is 1.77 bits per heavy atom. The van der Waals surface area contributed by atoms with Crippen LogP contribution in [-0.2, 0) is 13.0 Å². The van der Waals surface area contributed by atoms with Crippen molar-refractivity contribution < 1.29 is 23.8 Å². The number of nitrogens with zero attached hydrogens (tertiary/aromatic N) is 2. The van der Waals surface area contributed by atoms with Gasteiger partial charge in [0.05, 0.1) is 39.3 Å². The Bertz CT molecular complexity index is 936. The van der Waals surface area contributed by atoms with E-state index in [4.69, 9.17) is 14.2 Å². The van der Waals surface area contributed by atoms with E-state index in [0.717, 1.165) is 10.6 Å². The number of methoxy groups -OCH3 is 3. The van der Waals surface area contributed by atoms with E-state index in [1.165, 1.54) is 32.7 Å². The van der Waals surface area contributed by atoms with Crippen molar-refractivity contribution in [3.05, 3.63) is 22.7 Å². The SMILES string of the molecule is COc1cc(NC(=O)N2CCc3nc(NC(=O)NC(C)C)sc3C2)cc(OC)c1OC. The van der Waals surface area contributed by atoms with E-state index >= 15 is 0 Å². The number of aromatic nitrogens is 1. The molecule has 0 saturated heterocycles. The molecule has 1 aromatic heterocycles. The summed E-state index contributed by atoms with van der Waals surface area (Å²) in [4.78, 5) is 31.9. The Labute approximate surface area is 184 Å². The van der Waals surface area contributed by atoms with Crippen LogP contribution in [0.2, 0.25) is 0 Å². The van der Waals surface area contributed by atoms with E-state index in [9.17, 15) is 9.59 Å². The van der Waals surface area contributed by atoms with Gasteiger partial charge in [-0.1, -0.05) is 11.3 Å². The standard InChI is InChI=1S/C20H27N5O5S/c1-11(2)21-18(26)24-19-23-13-6-7-25(10-16(13)31-19)20(27)22-12-8-14(28-3)17(30-5)15(9-12)29-4/h8-9,11H,6-7,10H2,1-5H3,(H,22,27)(H2,21,23,24,26). The Morgan fingerprint density at radius 3 is 2.35 bits per heavy atom. The molecule has 0 unspecified atom stereocenters. The van der Waals surface area contributed by atoms with Crippen molar-refractivity contribution in [2.45, 2.75) is 32.9 Å². The minimum absolute atomic E-state index is 0.0315. The number of fused-ring (bicyclic) bond motifs is 1. The van der Waals surface area contributed by atoms with Crippen LogP contribution in [-0.4, -0.2) is 55.9 Å². The van der Waals surface area contributed by atoms with Gasteiger partial charge in [-0.15, -0.1) is 0 Å². The summed E-state index contributed by atoms with van der Waals surface area (Å²) in [6.45, 7) is 4.70. The molecule has 0 aliphatic carbocycles. The molecule has 3 N–H and O–H groups in total. The van der Waals surface area contributed by atoms with Gasteiger partial charge >= 0.3 is 12.1 Å². The Balaban J connectivity index is 1.68. The third-order valence-electron chi connectivity index (χ3n) is 4.57. The first-order valence-corrected chi connectivity index (χ1v) is 10.6. The second-order valence-corrected chi connectivity index (χ2v) is 8.24. The van der Waals surface area contributed by atoms with Crippen molar-refractivity contribution in [1.29, 1.82) is 0 Å². The molecule has 168 valence electrons. The fourth-order valence-corrected chi connectivity index (χ4v) is 4.19. The van der Waals surface area contributed by atoms with Crippen LogP contribution in [0.1, 0.15) is 24.4 Å². The van der Waals surface area contributed by atoms with Crippen LogP contribution >= 0.6 is 11.3 Å². The number of ether oxygens (including phenoxy) is 3. The van der Waals surface area contributed by atoms with Gasteiger partial charge in [-0.3, -0.25) is 5.32 Å². The molecular formula is C20H27N5O5S. The summed E-state index contributed by atoms with van der Waals surface area (Å²) in [5.41, 5.74) is 1.43. The Kier molecular flexibility index (Phi) is 7.06. The van der Waals surface area contributed by atoms with Crippen LogP contribution in [0.4, 0.5) is 20.4 Å². The summed E-state index contributed by atoms with van der Waals surface area (Å²) >= 11 is 1.37. The molecule has 2 aromatic rings. The molecule has 2 heterocycles. The molecular weight excluding hydrogens is 422 g/mol. The van der Waals surface area contributed by atoms with Gasteiger partial charge in [0, 0.05) is 36.0 Å². The summed E-state index contributed by atoms with van der Waals surface area (Å²) in [6.07, 6.45) is 0.613. The predicted molar refractivity (Wildman–Crippen MR) is 119 cm³/mol. The Morgan fingerprint density at radius 1 is 1.10 bits per heavy atom. The fraction of sp³-hybridized carbons (Fsp3) is 0.450. The maximum absolute atomic E-state index is 12.8. The van der Waals surface area contributed by atoms with E-state index in [1.54, 1.807) is 17.0 Å². The first-order chi connectivity index (χ1) is 14.8. The van der Waals surface area contributed by atoms with E-state index in [1.807, 2.05) is 13.8 Å². The number of rotatable bonds is 6. The van der Waals surface area contributed by atoms with Crippen molar-refractivity contribution in [2.24, 2.45) is 0 Å². The van der Waals surface area contributed by atoms with Crippen molar-refractivity contribution in [3.63, 3.8) is 0 Å². The highest BCUT2D eigenvalue weighted by molar-refractivity contribution is 7.15. The topological polar surface area (TPSA) is 114 Å². The second kappa shape index (κ2) is 9.73. The van der Waals surface area contributed by atoms with Crippen molar-refractivity contribution in [1.82, 2.24) is 15.2 Å². The lowest BCUT2D eigenvalue weighted by atomic mass is 10.2. The highest BCUT2D eigenvalue weighted by atomic mass is 32.1. The minimum Gasteiger partial charge on any atom is -0.493 e. The van der Waals surface area contributed by atoms with Crippen LogP contribution in [0, 0.1) is 0 Å². The maximum Gasteiger partial charge on any atom is 0.322 e. The summed E-state index contributed by atoms with van der Waals surface area (Å²) in [6, 6.07) is 2.84. The summed E-state index contributed by atoms with van der Waals surface area (Å²) in [7, 11) is 4.56. The molecule has 0 spiro atoms. The molecule has 4 amide bonds. The summed E-state index contributed by atoms with van der Waals surface area (Å²) in [5, 5.41) is 8.92. The molecule has 0 radical (unpaired) electrons. The third-order valence-corrected chi connectivity index (χ3v) is 5.57. The van der Waals surface area contributed by atoms with Crippen molar-refractivity contribution >= 4 is 34.2 Å². The third kappa shape index (κ3) is 5.29. The van der Waals surface area contributed by atoms with Gasteiger partial charge in [0.1, 0.15) is 0 Å². The van der Waals surface area contributed by atoms with Crippen LogP contribution in [0.25, 0.3) is 0 Å². The molecule has 0 bridgehead atoms. The van der Waals surface area contributed by atoms with Gasteiger partial charge in [0.25, 0.3) is 0 Å². The lowest BCUT2D eigenvalue weighted by Crippen LogP contribution is -2.38. The zero-order valence-electron chi connectivity index (χ0n) is 18.2. The first-order valence-electron chi connectivity index (χ1n) is 9.76. The molecule has 1 aliphatic heterocycles. The molecule has 3 rings (SSSR count). The summed E-state index contributed by atoms with van der Waals surface area (Å²) in [5.74, 6) is 1.36. The van der Waals surface area contributed by atoms with Gasteiger partial charge in [-0.05, 0) is 13.8 Å². The van der Waals surface area contributed by atoms with E-state index < -0.39 is 0 Å². The highest BCUT2D eigenvalue weighted by Crippen LogP contribution is 2.40. The highest BCUT2D eigenvalue weighted by Gasteiger charge is 2.25. The Hall–Kier alpha value is -3.21. The number of carbonyl (C=O) groups is 2. The molecule has 11 heteroatoms. The number of anilines is 2. The lowest BCUT2D eigenvalue weighted by molar-refractivity contribution is 0.207. The average Bonchev–Trinajstić information content (AvgIpc) is 3.13. The molecule has 0 fully saturated rings. The van der Waals surface area contributed by atoms with Gasteiger partial charge < -0.3 is 29.7 Å². The van der Waals surface area contributed by atoms with Crippen LogP contribution in [0.15, 0.2) is 12.1 Å². The number of benzene rings is 1. The monoisotopic (exact) mass is 449 g/mol. The van der Waals surface area contributed by atoms with Crippen LogP contribution < -0.4 is 30.2 Å². The number of thiazole rings is 1. The van der Waals surface area contributed by atoms with Crippen molar-refractivity contribution in [3.8, 4) is 17.2 Å². The molecule has 0 saturated carbocycles. The zero-order chi connectivity index (χ0) is 22.5. The number of carbonyl (C=O) groups excluding carboxylic acids is 2. The fourth-order valence-electron chi connectivity index (χ4n) is 3.17.